The first-order chi connectivity index (χ1) is 11.7. The molecule has 1 aliphatic heterocycles. The highest BCUT2D eigenvalue weighted by Crippen LogP contribution is 2.37. The Morgan fingerprint density at radius 3 is 2.46 bits per heavy atom. The second kappa shape index (κ2) is 5.64. The molecule has 0 saturated carbocycles. The number of benzene rings is 2. The third-order valence-electron chi connectivity index (χ3n) is 4.70. The van der Waals surface area contributed by atoms with Crippen molar-refractivity contribution in [2.24, 2.45) is 0 Å². The minimum absolute atomic E-state index is 0.134. The van der Waals surface area contributed by atoms with E-state index in [-0.39, 0.29) is 18.2 Å². The molecule has 0 unspecified atom stereocenters. The third-order valence-corrected chi connectivity index (χ3v) is 4.70. The summed E-state index contributed by atoms with van der Waals surface area (Å²) in [5, 5.41) is 1.06. The van der Waals surface area contributed by atoms with Gasteiger partial charge in [0.1, 0.15) is 0 Å². The van der Waals surface area contributed by atoms with Gasteiger partial charge in [-0.15, -0.1) is 0 Å². The van der Waals surface area contributed by atoms with Gasteiger partial charge < -0.3 is 4.57 Å². The lowest BCUT2D eigenvalue weighted by molar-refractivity contribution is -0.121. The first kappa shape index (κ1) is 14.7. The molecule has 0 N–H and O–H groups in total. The Bertz CT molecular complexity index is 927. The molecule has 0 radical (unpaired) electrons. The van der Waals surface area contributed by atoms with Crippen molar-refractivity contribution in [3.05, 3.63) is 66.4 Å². The van der Waals surface area contributed by atoms with Crippen LogP contribution >= 0.6 is 0 Å². The minimum atomic E-state index is -0.407. The molecule has 2 heterocycles. The summed E-state index contributed by atoms with van der Waals surface area (Å²) in [5.41, 5.74) is 2.70. The molecule has 4 rings (SSSR count). The Balaban J connectivity index is 1.79. The summed E-state index contributed by atoms with van der Waals surface area (Å²) < 4.78 is 2.13. The van der Waals surface area contributed by atoms with Crippen LogP contribution in [0.2, 0.25) is 0 Å². The van der Waals surface area contributed by atoms with Crippen LogP contribution in [0, 0.1) is 0 Å². The van der Waals surface area contributed by atoms with Gasteiger partial charge in [0.2, 0.25) is 11.8 Å². The SMILES string of the molecule is CCn1cc([C@@H]2CC(=O)N(c3ccccc3)C2=O)c2ccccc21. The number of para-hydroxylation sites is 2. The molecule has 2 amide bonds. The van der Waals surface area contributed by atoms with Crippen LogP contribution in [0.1, 0.15) is 24.8 Å². The van der Waals surface area contributed by atoms with Gasteiger partial charge in [0.05, 0.1) is 11.6 Å². The molecule has 2 aromatic carbocycles. The number of carbonyl (C=O) groups excluding carboxylic acids is 2. The summed E-state index contributed by atoms with van der Waals surface area (Å²) in [6.07, 6.45) is 2.25. The second-order valence-corrected chi connectivity index (χ2v) is 6.05. The highest BCUT2D eigenvalue weighted by molar-refractivity contribution is 6.23. The van der Waals surface area contributed by atoms with Gasteiger partial charge in [-0.2, -0.15) is 0 Å². The molecule has 0 spiro atoms. The van der Waals surface area contributed by atoms with Crippen molar-refractivity contribution in [2.45, 2.75) is 25.8 Å². The maximum atomic E-state index is 13.0. The number of nitrogens with zero attached hydrogens (tertiary/aromatic N) is 2. The predicted octanol–water partition coefficient (Wildman–Crippen LogP) is 3.71. The molecule has 24 heavy (non-hydrogen) atoms. The Kier molecular flexibility index (Phi) is 3.45. The highest BCUT2D eigenvalue weighted by atomic mass is 16.2. The van der Waals surface area contributed by atoms with E-state index >= 15 is 0 Å². The van der Waals surface area contributed by atoms with Crippen LogP contribution in [0.25, 0.3) is 10.9 Å². The van der Waals surface area contributed by atoms with Gasteiger partial charge in [-0.1, -0.05) is 36.4 Å². The van der Waals surface area contributed by atoms with Crippen LogP contribution in [0.5, 0.6) is 0 Å². The Labute approximate surface area is 140 Å². The van der Waals surface area contributed by atoms with E-state index in [1.807, 2.05) is 42.6 Å². The van der Waals surface area contributed by atoms with Crippen molar-refractivity contribution >= 4 is 28.4 Å². The summed E-state index contributed by atoms with van der Waals surface area (Å²) in [4.78, 5) is 26.8. The van der Waals surface area contributed by atoms with E-state index in [0.717, 1.165) is 23.0 Å². The Morgan fingerprint density at radius 2 is 1.71 bits per heavy atom. The van der Waals surface area contributed by atoms with Crippen LogP contribution in [0.4, 0.5) is 5.69 Å². The van der Waals surface area contributed by atoms with Crippen molar-refractivity contribution < 1.29 is 9.59 Å². The van der Waals surface area contributed by atoms with E-state index < -0.39 is 5.92 Å². The maximum absolute atomic E-state index is 13.0. The molecule has 4 nitrogen and oxygen atoms in total. The monoisotopic (exact) mass is 318 g/mol. The number of anilines is 1. The van der Waals surface area contributed by atoms with Gasteiger partial charge in [-0.05, 0) is 30.7 Å². The van der Waals surface area contributed by atoms with Crippen molar-refractivity contribution in [2.75, 3.05) is 4.90 Å². The van der Waals surface area contributed by atoms with E-state index in [0.29, 0.717) is 5.69 Å². The minimum Gasteiger partial charge on any atom is -0.347 e. The van der Waals surface area contributed by atoms with Crippen molar-refractivity contribution in [3.8, 4) is 0 Å². The fraction of sp³-hybridized carbons (Fsp3) is 0.200. The highest BCUT2D eigenvalue weighted by Gasteiger charge is 2.41. The summed E-state index contributed by atoms with van der Waals surface area (Å²) in [7, 11) is 0. The number of aryl methyl sites for hydroxylation is 1. The topological polar surface area (TPSA) is 42.3 Å². The molecule has 1 aromatic heterocycles. The zero-order valence-corrected chi connectivity index (χ0v) is 13.5. The van der Waals surface area contributed by atoms with Gasteiger partial charge in [0, 0.05) is 30.1 Å². The normalized spacial score (nSPS) is 17.9. The first-order valence-electron chi connectivity index (χ1n) is 8.20. The fourth-order valence-corrected chi connectivity index (χ4v) is 3.54. The van der Waals surface area contributed by atoms with Crippen LogP contribution in [-0.4, -0.2) is 16.4 Å². The number of imide groups is 1. The van der Waals surface area contributed by atoms with E-state index in [9.17, 15) is 9.59 Å². The number of amides is 2. The Morgan fingerprint density at radius 1 is 1.00 bits per heavy atom. The average Bonchev–Trinajstić information content (AvgIpc) is 3.13. The molecule has 1 fully saturated rings. The molecule has 0 aliphatic carbocycles. The largest absolute Gasteiger partial charge is 0.347 e. The number of hydrogen-bond acceptors (Lipinski definition) is 2. The molecule has 4 heteroatoms. The van der Waals surface area contributed by atoms with Gasteiger partial charge in [0.15, 0.2) is 0 Å². The van der Waals surface area contributed by atoms with Crippen LogP contribution in [0.15, 0.2) is 60.8 Å². The predicted molar refractivity (Wildman–Crippen MR) is 93.9 cm³/mol. The van der Waals surface area contributed by atoms with Gasteiger partial charge in [0.25, 0.3) is 0 Å². The van der Waals surface area contributed by atoms with Gasteiger partial charge >= 0.3 is 0 Å². The smallest absolute Gasteiger partial charge is 0.241 e. The van der Waals surface area contributed by atoms with E-state index in [1.54, 1.807) is 12.1 Å². The number of aromatic nitrogens is 1. The van der Waals surface area contributed by atoms with E-state index in [1.165, 1.54) is 4.90 Å². The lowest BCUT2D eigenvalue weighted by Crippen LogP contribution is -2.29. The zero-order valence-electron chi connectivity index (χ0n) is 13.5. The molecule has 120 valence electrons. The van der Waals surface area contributed by atoms with Crippen molar-refractivity contribution in [3.63, 3.8) is 0 Å². The zero-order chi connectivity index (χ0) is 16.7. The molecular formula is C20H18N2O2. The van der Waals surface area contributed by atoms with Gasteiger partial charge in [-0.3, -0.25) is 14.5 Å². The number of carbonyl (C=O) groups is 2. The summed E-state index contributed by atoms with van der Waals surface area (Å²) in [6, 6.07) is 17.2. The van der Waals surface area contributed by atoms with Crippen molar-refractivity contribution in [1.29, 1.82) is 0 Å². The molecule has 3 aromatic rings. The number of fused-ring (bicyclic) bond motifs is 1. The molecule has 1 saturated heterocycles. The lowest BCUT2D eigenvalue weighted by atomic mass is 9.97. The quantitative estimate of drug-likeness (QED) is 0.691. The number of hydrogen-bond donors (Lipinski definition) is 0. The Hall–Kier alpha value is -2.88. The first-order valence-corrected chi connectivity index (χ1v) is 8.20. The molecular weight excluding hydrogens is 300 g/mol. The maximum Gasteiger partial charge on any atom is 0.241 e. The summed E-state index contributed by atoms with van der Waals surface area (Å²) in [6.45, 7) is 2.91. The van der Waals surface area contributed by atoms with E-state index in [4.69, 9.17) is 0 Å². The third kappa shape index (κ3) is 2.14. The van der Waals surface area contributed by atoms with Crippen LogP contribution < -0.4 is 4.90 Å². The summed E-state index contributed by atoms with van der Waals surface area (Å²) >= 11 is 0. The molecule has 1 aliphatic rings. The van der Waals surface area contributed by atoms with Crippen molar-refractivity contribution in [1.82, 2.24) is 4.57 Å². The van der Waals surface area contributed by atoms with Gasteiger partial charge in [-0.25, -0.2) is 0 Å². The molecule has 1 atom stereocenters. The second-order valence-electron chi connectivity index (χ2n) is 6.05. The summed E-state index contributed by atoms with van der Waals surface area (Å²) in [5.74, 6) is -0.676. The number of rotatable bonds is 3. The average molecular weight is 318 g/mol. The molecule has 0 bridgehead atoms. The van der Waals surface area contributed by atoms with E-state index in [2.05, 4.69) is 17.6 Å². The standard InChI is InChI=1S/C20H18N2O2/c1-2-21-13-17(15-10-6-7-11-18(15)21)16-12-19(23)22(20(16)24)14-8-4-3-5-9-14/h3-11,13,16H,2,12H2,1H3/t16-/m0/s1. The van der Waals surface area contributed by atoms with Crippen LogP contribution in [0.3, 0.4) is 0 Å². The lowest BCUT2D eigenvalue weighted by Gasteiger charge is -2.14. The fourth-order valence-electron chi connectivity index (χ4n) is 3.54. The van der Waals surface area contributed by atoms with Crippen LogP contribution in [-0.2, 0) is 16.1 Å².